The Morgan fingerprint density at radius 2 is 1.52 bits per heavy atom. The summed E-state index contributed by atoms with van der Waals surface area (Å²) < 4.78 is 76.4. The molecule has 0 saturated carbocycles. The fourth-order valence-corrected chi connectivity index (χ4v) is 5.93. The van der Waals surface area contributed by atoms with Gasteiger partial charge >= 0.3 is 0 Å². The summed E-state index contributed by atoms with van der Waals surface area (Å²) in [5.74, 6) is 0. The molecule has 0 aliphatic carbocycles. The molecule has 0 spiro atoms. The van der Waals surface area contributed by atoms with Gasteiger partial charge < -0.3 is 14.2 Å². The van der Waals surface area contributed by atoms with Crippen molar-refractivity contribution in [2.24, 2.45) is 0 Å². The Labute approximate surface area is 188 Å². The van der Waals surface area contributed by atoms with E-state index >= 15 is 0 Å². The number of hydrogen-bond donors (Lipinski definition) is 0. The highest BCUT2D eigenvalue weighted by molar-refractivity contribution is 8.01. The van der Waals surface area contributed by atoms with Gasteiger partial charge in [-0.05, 0) is 0 Å². The van der Waals surface area contributed by atoms with Gasteiger partial charge in [0.1, 0.15) is 29.9 Å². The first-order chi connectivity index (χ1) is 14.2. The zero-order valence-corrected chi connectivity index (χ0v) is 20.4. The Bertz CT molecular complexity index is 957. The molecule has 2 aliphatic heterocycles. The van der Waals surface area contributed by atoms with Crippen LogP contribution in [0.2, 0.25) is 0 Å². The topological polar surface area (TPSA) is 114 Å². The maximum atomic E-state index is 12.1. The Hall–Kier alpha value is -0.730. The van der Waals surface area contributed by atoms with Crippen LogP contribution in [0.1, 0.15) is 32.6 Å². The van der Waals surface area contributed by atoms with Gasteiger partial charge in [-0.1, -0.05) is 51.1 Å². The first-order valence-electron chi connectivity index (χ1n) is 9.64. The summed E-state index contributed by atoms with van der Waals surface area (Å²) in [7, 11) is -7.93. The van der Waals surface area contributed by atoms with Crippen molar-refractivity contribution in [3.05, 3.63) is 35.9 Å². The third-order valence-corrected chi connectivity index (χ3v) is 6.86. The predicted octanol–water partition coefficient (Wildman–Crippen LogP) is 2.05. The molecule has 0 bridgehead atoms. The monoisotopic (exact) mass is 496 g/mol. The summed E-state index contributed by atoms with van der Waals surface area (Å²) in [4.78, 5) is 0. The molecule has 0 aromatic heterocycles. The van der Waals surface area contributed by atoms with Gasteiger partial charge in [0.2, 0.25) is 0 Å². The summed E-state index contributed by atoms with van der Waals surface area (Å²) in [6, 6.07) is 9.11. The molecule has 0 N–H and O–H groups in total. The van der Waals surface area contributed by atoms with Gasteiger partial charge in [0.25, 0.3) is 20.2 Å². The standard InChI is InChI=1S/C19H28O9S3/c1-19(2,3)29-18-16(28-31(5,22)23)15(27-30(4,20)21)14-13(25-18)11-24-17(26-14)12-9-7-6-8-10-12/h6-10,13-18H,11H2,1-5H3/t13-,14-,15+,16-,17?,18+/m1/s1. The molecule has 2 heterocycles. The fraction of sp³-hybridized carbons (Fsp3) is 0.684. The third kappa shape index (κ3) is 7.13. The first kappa shape index (κ1) is 24.9. The second-order valence-electron chi connectivity index (χ2n) is 8.48. The van der Waals surface area contributed by atoms with E-state index in [1.165, 1.54) is 11.8 Å². The molecule has 1 aromatic rings. The molecule has 2 fully saturated rings. The molecule has 6 atom stereocenters. The number of hydrogen-bond acceptors (Lipinski definition) is 10. The Balaban J connectivity index is 1.97. The van der Waals surface area contributed by atoms with E-state index in [1.54, 1.807) is 0 Å². The zero-order chi connectivity index (χ0) is 23.0. The van der Waals surface area contributed by atoms with Crippen LogP contribution in [0, 0.1) is 0 Å². The quantitative estimate of drug-likeness (QED) is 0.542. The molecule has 31 heavy (non-hydrogen) atoms. The number of benzene rings is 1. The zero-order valence-electron chi connectivity index (χ0n) is 18.0. The van der Waals surface area contributed by atoms with Crippen LogP contribution >= 0.6 is 11.8 Å². The van der Waals surface area contributed by atoms with E-state index < -0.39 is 56.4 Å². The SMILES string of the molecule is CC(C)(C)S[C@@H]1O[C@@H]2COC(c3ccccc3)O[C@H]2[C@H](OS(C)(=O)=O)[C@H]1OS(C)(=O)=O. The maximum Gasteiger partial charge on any atom is 0.264 e. The molecule has 0 amide bonds. The lowest BCUT2D eigenvalue weighted by Crippen LogP contribution is -2.63. The fourth-order valence-electron chi connectivity index (χ4n) is 3.39. The summed E-state index contributed by atoms with van der Waals surface area (Å²) in [6.45, 7) is 5.89. The normalized spacial score (nSPS) is 32.4. The lowest BCUT2D eigenvalue weighted by Gasteiger charge is -2.49. The summed E-state index contributed by atoms with van der Waals surface area (Å²) in [5.41, 5.74) is -0.103. The minimum Gasteiger partial charge on any atom is -0.356 e. The van der Waals surface area contributed by atoms with Crippen LogP contribution in [0.15, 0.2) is 30.3 Å². The van der Waals surface area contributed by atoms with Crippen molar-refractivity contribution in [3.63, 3.8) is 0 Å². The highest BCUT2D eigenvalue weighted by Crippen LogP contribution is 2.42. The average molecular weight is 497 g/mol. The molecule has 176 valence electrons. The highest BCUT2D eigenvalue weighted by atomic mass is 32.2. The third-order valence-electron chi connectivity index (χ3n) is 4.40. The van der Waals surface area contributed by atoms with Crippen LogP contribution in [0.3, 0.4) is 0 Å². The highest BCUT2D eigenvalue weighted by Gasteiger charge is 2.54. The van der Waals surface area contributed by atoms with Crippen molar-refractivity contribution < 1.29 is 39.4 Å². The van der Waals surface area contributed by atoms with Crippen molar-refractivity contribution >= 4 is 32.0 Å². The first-order valence-corrected chi connectivity index (χ1v) is 14.1. The van der Waals surface area contributed by atoms with Crippen LogP contribution in [0.4, 0.5) is 0 Å². The lowest BCUT2D eigenvalue weighted by atomic mass is 9.99. The van der Waals surface area contributed by atoms with E-state index in [4.69, 9.17) is 22.6 Å². The number of ether oxygens (including phenoxy) is 3. The lowest BCUT2D eigenvalue weighted by molar-refractivity contribution is -0.312. The van der Waals surface area contributed by atoms with Crippen molar-refractivity contribution in [3.8, 4) is 0 Å². The van der Waals surface area contributed by atoms with Gasteiger partial charge in [0.05, 0.1) is 19.1 Å². The molecule has 1 unspecified atom stereocenters. The van der Waals surface area contributed by atoms with Crippen molar-refractivity contribution in [2.75, 3.05) is 19.1 Å². The Morgan fingerprint density at radius 3 is 2.06 bits per heavy atom. The number of thioether (sulfide) groups is 1. The molecule has 3 rings (SSSR count). The smallest absolute Gasteiger partial charge is 0.264 e. The Morgan fingerprint density at radius 1 is 0.935 bits per heavy atom. The van der Waals surface area contributed by atoms with Gasteiger partial charge in [-0.2, -0.15) is 16.8 Å². The van der Waals surface area contributed by atoms with E-state index in [2.05, 4.69) is 0 Å². The predicted molar refractivity (Wildman–Crippen MR) is 115 cm³/mol. The minimum absolute atomic E-state index is 0.112. The van der Waals surface area contributed by atoms with Gasteiger partial charge in [-0.3, -0.25) is 8.37 Å². The van der Waals surface area contributed by atoms with Gasteiger partial charge in [0, 0.05) is 10.3 Å². The van der Waals surface area contributed by atoms with Gasteiger partial charge in [-0.15, -0.1) is 11.8 Å². The van der Waals surface area contributed by atoms with Gasteiger partial charge in [-0.25, -0.2) is 0 Å². The second-order valence-corrected chi connectivity index (χ2v) is 13.6. The number of rotatable bonds is 6. The summed E-state index contributed by atoms with van der Waals surface area (Å²) >= 11 is 1.31. The molecule has 2 aliphatic rings. The Kier molecular flexibility index (Phi) is 7.44. The van der Waals surface area contributed by atoms with E-state index in [9.17, 15) is 16.8 Å². The van der Waals surface area contributed by atoms with Crippen LogP contribution < -0.4 is 0 Å². The van der Waals surface area contributed by atoms with Crippen LogP contribution in [0.25, 0.3) is 0 Å². The van der Waals surface area contributed by atoms with Crippen molar-refractivity contribution in [1.82, 2.24) is 0 Å². The van der Waals surface area contributed by atoms with Crippen molar-refractivity contribution in [2.45, 2.75) is 61.7 Å². The van der Waals surface area contributed by atoms with E-state index in [0.29, 0.717) is 0 Å². The molecule has 9 nitrogen and oxygen atoms in total. The van der Waals surface area contributed by atoms with Crippen LogP contribution in [-0.2, 0) is 42.8 Å². The average Bonchev–Trinajstić information content (AvgIpc) is 2.62. The molecule has 2 saturated heterocycles. The molecular formula is C19H28O9S3. The largest absolute Gasteiger partial charge is 0.356 e. The van der Waals surface area contributed by atoms with Crippen LogP contribution in [-0.4, -0.2) is 70.6 Å². The van der Waals surface area contributed by atoms with E-state index in [1.807, 2.05) is 51.1 Å². The van der Waals surface area contributed by atoms with Crippen molar-refractivity contribution in [1.29, 1.82) is 0 Å². The van der Waals surface area contributed by atoms with Crippen LogP contribution in [0.5, 0.6) is 0 Å². The summed E-state index contributed by atoms with van der Waals surface area (Å²) in [5, 5.41) is 0. The molecule has 1 aromatic carbocycles. The molecule has 0 radical (unpaired) electrons. The second kappa shape index (κ2) is 9.26. The molecule has 12 heteroatoms. The maximum absolute atomic E-state index is 12.1. The minimum atomic E-state index is -3.97. The number of fused-ring (bicyclic) bond motifs is 1. The van der Waals surface area contributed by atoms with E-state index in [0.717, 1.165) is 18.1 Å². The van der Waals surface area contributed by atoms with Gasteiger partial charge in [0.15, 0.2) is 6.29 Å². The summed E-state index contributed by atoms with van der Waals surface area (Å²) in [6.07, 6.45) is -3.10. The van der Waals surface area contributed by atoms with E-state index in [-0.39, 0.29) is 11.4 Å². The molecular weight excluding hydrogens is 468 g/mol.